The molecule has 1 aromatic carbocycles. The van der Waals surface area contributed by atoms with E-state index in [0.29, 0.717) is 12.1 Å². The Bertz CT molecular complexity index is 452. The highest BCUT2D eigenvalue weighted by atomic mass is 79.9. The normalized spacial score (nSPS) is 20.6. The lowest BCUT2D eigenvalue weighted by atomic mass is 10.1. The number of anilines is 1. The van der Waals surface area contributed by atoms with E-state index in [1.165, 1.54) is 15.7 Å². The Labute approximate surface area is 137 Å². The van der Waals surface area contributed by atoms with Crippen molar-refractivity contribution in [2.75, 3.05) is 31.1 Å². The molecule has 1 aliphatic rings. The molecule has 21 heavy (non-hydrogen) atoms. The highest BCUT2D eigenvalue weighted by molar-refractivity contribution is 9.10. The molecule has 118 valence electrons. The molecule has 1 heterocycles. The fourth-order valence-corrected chi connectivity index (χ4v) is 3.45. The average Bonchev–Trinajstić information content (AvgIpc) is 2.52. The van der Waals surface area contributed by atoms with Crippen molar-refractivity contribution < 1.29 is 4.74 Å². The van der Waals surface area contributed by atoms with Gasteiger partial charge in [-0.3, -0.25) is 0 Å². The Morgan fingerprint density at radius 3 is 2.90 bits per heavy atom. The molecule has 0 aromatic heterocycles. The van der Waals surface area contributed by atoms with Crippen LogP contribution < -0.4 is 10.2 Å². The summed E-state index contributed by atoms with van der Waals surface area (Å²) in [6.07, 6.45) is 2.60. The number of hydrogen-bond acceptors (Lipinski definition) is 3. The third-order valence-corrected chi connectivity index (χ3v) is 4.80. The SMILES string of the molecule is CCCNC(C)c1ccc(N2CCOC(CC)C2)cc1Br. The number of halogens is 1. The molecule has 0 saturated carbocycles. The van der Waals surface area contributed by atoms with Crippen molar-refractivity contribution in [3.63, 3.8) is 0 Å². The van der Waals surface area contributed by atoms with Gasteiger partial charge in [0.25, 0.3) is 0 Å². The van der Waals surface area contributed by atoms with E-state index in [-0.39, 0.29) is 0 Å². The molecule has 0 aliphatic carbocycles. The molecular formula is C17H27BrN2O. The van der Waals surface area contributed by atoms with Gasteiger partial charge in [0.1, 0.15) is 0 Å². The minimum atomic E-state index is 0.363. The van der Waals surface area contributed by atoms with E-state index >= 15 is 0 Å². The van der Waals surface area contributed by atoms with Gasteiger partial charge in [0, 0.05) is 29.3 Å². The molecular weight excluding hydrogens is 328 g/mol. The summed E-state index contributed by atoms with van der Waals surface area (Å²) < 4.78 is 6.94. The van der Waals surface area contributed by atoms with Gasteiger partial charge in [-0.15, -0.1) is 0 Å². The Balaban J connectivity index is 2.07. The third-order valence-electron chi connectivity index (χ3n) is 4.11. The molecule has 2 unspecified atom stereocenters. The largest absolute Gasteiger partial charge is 0.375 e. The smallest absolute Gasteiger partial charge is 0.0748 e. The van der Waals surface area contributed by atoms with Crippen LogP contribution in [-0.2, 0) is 4.74 Å². The Kier molecular flexibility index (Phi) is 6.52. The van der Waals surface area contributed by atoms with E-state index in [2.05, 4.69) is 65.1 Å². The van der Waals surface area contributed by atoms with Gasteiger partial charge in [-0.05, 0) is 44.0 Å². The first-order valence-corrected chi connectivity index (χ1v) is 8.84. The van der Waals surface area contributed by atoms with Crippen LogP contribution in [0.3, 0.4) is 0 Å². The van der Waals surface area contributed by atoms with Crippen LogP contribution in [0.2, 0.25) is 0 Å². The second-order valence-corrected chi connectivity index (χ2v) is 6.58. The lowest BCUT2D eigenvalue weighted by Crippen LogP contribution is -2.42. The van der Waals surface area contributed by atoms with Gasteiger partial charge >= 0.3 is 0 Å². The summed E-state index contributed by atoms with van der Waals surface area (Å²) in [5.41, 5.74) is 2.61. The number of ether oxygens (including phenoxy) is 1. The van der Waals surface area contributed by atoms with Crippen molar-refractivity contribution >= 4 is 21.6 Å². The topological polar surface area (TPSA) is 24.5 Å². The second-order valence-electron chi connectivity index (χ2n) is 5.73. The highest BCUT2D eigenvalue weighted by Crippen LogP contribution is 2.29. The summed E-state index contributed by atoms with van der Waals surface area (Å²) in [6, 6.07) is 7.10. The van der Waals surface area contributed by atoms with Crippen molar-refractivity contribution in [3.8, 4) is 0 Å². The minimum Gasteiger partial charge on any atom is -0.375 e. The highest BCUT2D eigenvalue weighted by Gasteiger charge is 2.20. The number of benzene rings is 1. The number of morpholine rings is 1. The number of nitrogens with one attached hydrogen (secondary N) is 1. The van der Waals surface area contributed by atoms with E-state index in [4.69, 9.17) is 4.74 Å². The monoisotopic (exact) mass is 354 g/mol. The van der Waals surface area contributed by atoms with Crippen molar-refractivity contribution in [2.24, 2.45) is 0 Å². The number of hydrogen-bond donors (Lipinski definition) is 1. The first-order valence-electron chi connectivity index (χ1n) is 8.05. The van der Waals surface area contributed by atoms with E-state index in [0.717, 1.165) is 39.1 Å². The molecule has 0 bridgehead atoms. The van der Waals surface area contributed by atoms with Crippen LogP contribution in [0.15, 0.2) is 22.7 Å². The Hall–Kier alpha value is -0.580. The van der Waals surface area contributed by atoms with Gasteiger partial charge in [-0.25, -0.2) is 0 Å². The molecule has 0 radical (unpaired) electrons. The zero-order valence-corrected chi connectivity index (χ0v) is 14.9. The third kappa shape index (κ3) is 4.44. The van der Waals surface area contributed by atoms with Crippen LogP contribution in [0.1, 0.15) is 45.2 Å². The molecule has 1 aromatic rings. The molecule has 2 rings (SSSR count). The zero-order chi connectivity index (χ0) is 15.2. The molecule has 1 saturated heterocycles. The summed E-state index contributed by atoms with van der Waals surface area (Å²) in [6.45, 7) is 10.5. The Morgan fingerprint density at radius 2 is 2.24 bits per heavy atom. The fraction of sp³-hybridized carbons (Fsp3) is 0.647. The summed E-state index contributed by atoms with van der Waals surface area (Å²) in [5.74, 6) is 0. The molecule has 2 atom stereocenters. The lowest BCUT2D eigenvalue weighted by molar-refractivity contribution is 0.0384. The van der Waals surface area contributed by atoms with E-state index < -0.39 is 0 Å². The van der Waals surface area contributed by atoms with Crippen LogP contribution in [-0.4, -0.2) is 32.3 Å². The quantitative estimate of drug-likeness (QED) is 0.831. The lowest BCUT2D eigenvalue weighted by Gasteiger charge is -2.34. The number of nitrogens with zero attached hydrogens (tertiary/aromatic N) is 1. The summed E-state index contributed by atoms with van der Waals surface area (Å²) in [7, 11) is 0. The van der Waals surface area contributed by atoms with E-state index in [1.807, 2.05) is 0 Å². The molecule has 3 nitrogen and oxygen atoms in total. The summed E-state index contributed by atoms with van der Waals surface area (Å²) in [5, 5.41) is 3.54. The van der Waals surface area contributed by atoms with Crippen molar-refractivity contribution in [1.82, 2.24) is 5.32 Å². The van der Waals surface area contributed by atoms with E-state index in [1.54, 1.807) is 0 Å². The standard InChI is InChI=1S/C17H27BrN2O/c1-4-8-19-13(3)16-7-6-14(11-17(16)18)20-9-10-21-15(5-2)12-20/h6-7,11,13,15,19H,4-5,8-10,12H2,1-3H3. The van der Waals surface area contributed by atoms with Crippen LogP contribution in [0, 0.1) is 0 Å². The summed E-state index contributed by atoms with van der Waals surface area (Å²) in [4.78, 5) is 2.43. The molecule has 1 N–H and O–H groups in total. The van der Waals surface area contributed by atoms with Gasteiger partial charge in [0.15, 0.2) is 0 Å². The molecule has 0 amide bonds. The average molecular weight is 355 g/mol. The van der Waals surface area contributed by atoms with Crippen molar-refractivity contribution in [2.45, 2.75) is 45.8 Å². The van der Waals surface area contributed by atoms with Crippen LogP contribution >= 0.6 is 15.9 Å². The Morgan fingerprint density at radius 1 is 1.43 bits per heavy atom. The first kappa shape index (κ1) is 16.8. The van der Waals surface area contributed by atoms with Gasteiger partial charge in [0.05, 0.1) is 12.7 Å². The van der Waals surface area contributed by atoms with Gasteiger partial charge < -0.3 is 15.0 Å². The first-order chi connectivity index (χ1) is 10.2. The molecule has 1 aliphatic heterocycles. The molecule has 1 fully saturated rings. The van der Waals surface area contributed by atoms with Crippen molar-refractivity contribution in [3.05, 3.63) is 28.2 Å². The predicted octanol–water partition coefficient (Wildman–Crippen LogP) is 4.12. The van der Waals surface area contributed by atoms with Gasteiger partial charge in [-0.1, -0.05) is 35.8 Å². The number of rotatable bonds is 6. The van der Waals surface area contributed by atoms with Crippen molar-refractivity contribution in [1.29, 1.82) is 0 Å². The fourth-order valence-electron chi connectivity index (χ4n) is 2.74. The maximum Gasteiger partial charge on any atom is 0.0748 e. The molecule has 0 spiro atoms. The minimum absolute atomic E-state index is 0.363. The van der Waals surface area contributed by atoms with E-state index in [9.17, 15) is 0 Å². The second kappa shape index (κ2) is 8.16. The maximum absolute atomic E-state index is 5.75. The van der Waals surface area contributed by atoms with Crippen LogP contribution in [0.25, 0.3) is 0 Å². The zero-order valence-electron chi connectivity index (χ0n) is 13.4. The van der Waals surface area contributed by atoms with Gasteiger partial charge in [-0.2, -0.15) is 0 Å². The summed E-state index contributed by atoms with van der Waals surface area (Å²) >= 11 is 3.74. The molecule has 4 heteroatoms. The predicted molar refractivity (Wildman–Crippen MR) is 93.1 cm³/mol. The van der Waals surface area contributed by atoms with Crippen LogP contribution in [0.5, 0.6) is 0 Å². The van der Waals surface area contributed by atoms with Gasteiger partial charge in [0.2, 0.25) is 0 Å². The van der Waals surface area contributed by atoms with Crippen LogP contribution in [0.4, 0.5) is 5.69 Å². The maximum atomic E-state index is 5.75.